The highest BCUT2D eigenvalue weighted by atomic mass is 16.2. The van der Waals surface area contributed by atoms with Crippen LogP contribution in [-0.2, 0) is 13.0 Å². The summed E-state index contributed by atoms with van der Waals surface area (Å²) in [5, 5.41) is 5.32. The van der Waals surface area contributed by atoms with Crippen molar-refractivity contribution in [2.24, 2.45) is 5.73 Å². The quantitative estimate of drug-likeness (QED) is 0.684. The number of H-pyrrole nitrogens is 1. The fourth-order valence-corrected chi connectivity index (χ4v) is 3.12. The second kappa shape index (κ2) is 6.80. The van der Waals surface area contributed by atoms with Crippen LogP contribution >= 0.6 is 0 Å². The number of nitrogens with two attached hydrogens (primary N) is 1. The molecule has 25 heavy (non-hydrogen) atoms. The molecule has 0 atom stereocenters. The van der Waals surface area contributed by atoms with Gasteiger partial charge < -0.3 is 21.4 Å². The number of aryl methyl sites for hydroxylation is 1. The lowest BCUT2D eigenvalue weighted by molar-refractivity contribution is 0.0945. The standard InChI is InChI=1S/C18H20N4O3/c1-10-15-13(3-2-4-14(15)23)22-16(10)17(24)20-9-11-5-7-12(8-6-11)21-18(19)25/h5-8,22H,2-4,9H2,1H3,(H,20,24)(H3,19,21,25). The number of hydrogen-bond donors (Lipinski definition) is 4. The number of anilines is 1. The van der Waals surface area contributed by atoms with Gasteiger partial charge in [-0.3, -0.25) is 9.59 Å². The molecular weight excluding hydrogens is 320 g/mol. The van der Waals surface area contributed by atoms with E-state index in [1.54, 1.807) is 31.2 Å². The van der Waals surface area contributed by atoms with Crippen LogP contribution in [0.2, 0.25) is 0 Å². The van der Waals surface area contributed by atoms with E-state index in [9.17, 15) is 14.4 Å². The molecule has 7 heteroatoms. The molecule has 2 aromatic rings. The summed E-state index contributed by atoms with van der Waals surface area (Å²) >= 11 is 0. The fourth-order valence-electron chi connectivity index (χ4n) is 3.12. The lowest BCUT2D eigenvalue weighted by atomic mass is 9.94. The highest BCUT2D eigenvalue weighted by molar-refractivity contribution is 6.04. The van der Waals surface area contributed by atoms with Crippen molar-refractivity contribution in [3.05, 3.63) is 52.3 Å². The van der Waals surface area contributed by atoms with Crippen LogP contribution in [0.25, 0.3) is 0 Å². The number of nitrogens with one attached hydrogen (secondary N) is 3. The fraction of sp³-hybridized carbons (Fsp3) is 0.278. The molecule has 130 valence electrons. The van der Waals surface area contributed by atoms with Gasteiger partial charge in [0.25, 0.3) is 5.91 Å². The summed E-state index contributed by atoms with van der Waals surface area (Å²) in [6.45, 7) is 2.14. The number of urea groups is 1. The van der Waals surface area contributed by atoms with E-state index in [1.807, 2.05) is 0 Å². The first-order valence-electron chi connectivity index (χ1n) is 8.14. The number of carbonyl (C=O) groups is 3. The van der Waals surface area contributed by atoms with Crippen molar-refractivity contribution in [3.8, 4) is 0 Å². The summed E-state index contributed by atoms with van der Waals surface area (Å²) in [7, 11) is 0. The molecule has 0 radical (unpaired) electrons. The van der Waals surface area contributed by atoms with E-state index >= 15 is 0 Å². The lowest BCUT2D eigenvalue weighted by Gasteiger charge is -2.09. The molecular formula is C18H20N4O3. The van der Waals surface area contributed by atoms with Gasteiger partial charge in [0.2, 0.25) is 0 Å². The third-order valence-corrected chi connectivity index (χ3v) is 4.34. The van der Waals surface area contributed by atoms with Crippen molar-refractivity contribution in [3.63, 3.8) is 0 Å². The van der Waals surface area contributed by atoms with Crippen molar-refractivity contribution in [2.75, 3.05) is 5.32 Å². The molecule has 0 fully saturated rings. The zero-order chi connectivity index (χ0) is 18.0. The molecule has 1 aromatic heterocycles. The van der Waals surface area contributed by atoms with Crippen LogP contribution in [0.3, 0.4) is 0 Å². The summed E-state index contributed by atoms with van der Waals surface area (Å²) < 4.78 is 0. The Morgan fingerprint density at radius 2 is 1.92 bits per heavy atom. The number of hydrogen-bond acceptors (Lipinski definition) is 3. The molecule has 1 heterocycles. The van der Waals surface area contributed by atoms with Gasteiger partial charge >= 0.3 is 6.03 Å². The number of carbonyl (C=O) groups excluding carboxylic acids is 3. The first-order valence-corrected chi connectivity index (χ1v) is 8.14. The van der Waals surface area contributed by atoms with Crippen molar-refractivity contribution in [2.45, 2.75) is 32.7 Å². The van der Waals surface area contributed by atoms with Crippen molar-refractivity contribution in [1.29, 1.82) is 0 Å². The Labute approximate surface area is 145 Å². The normalized spacial score (nSPS) is 13.2. The second-order valence-corrected chi connectivity index (χ2v) is 6.12. The second-order valence-electron chi connectivity index (χ2n) is 6.12. The van der Waals surface area contributed by atoms with Gasteiger partial charge in [-0.15, -0.1) is 0 Å². The molecule has 0 aliphatic heterocycles. The summed E-state index contributed by atoms with van der Waals surface area (Å²) in [5.41, 5.74) is 9.24. The number of amides is 3. The Balaban J connectivity index is 1.67. The van der Waals surface area contributed by atoms with Gasteiger partial charge in [-0.1, -0.05) is 12.1 Å². The molecule has 0 bridgehead atoms. The van der Waals surface area contributed by atoms with Crippen molar-refractivity contribution in [1.82, 2.24) is 10.3 Å². The van der Waals surface area contributed by atoms with E-state index < -0.39 is 6.03 Å². The molecule has 0 unspecified atom stereocenters. The topological polar surface area (TPSA) is 117 Å². The maximum Gasteiger partial charge on any atom is 0.316 e. The van der Waals surface area contributed by atoms with Gasteiger partial charge in [0.05, 0.1) is 0 Å². The van der Waals surface area contributed by atoms with Gasteiger partial charge in [0.1, 0.15) is 5.69 Å². The third-order valence-electron chi connectivity index (χ3n) is 4.34. The van der Waals surface area contributed by atoms with Crippen LogP contribution in [0.5, 0.6) is 0 Å². The number of aromatic nitrogens is 1. The molecule has 7 nitrogen and oxygen atoms in total. The number of fused-ring (bicyclic) bond motifs is 1. The summed E-state index contributed by atoms with van der Waals surface area (Å²) in [6.07, 6.45) is 2.15. The maximum atomic E-state index is 12.4. The Bertz CT molecular complexity index is 837. The first-order chi connectivity index (χ1) is 12.0. The minimum Gasteiger partial charge on any atom is -0.354 e. The van der Waals surface area contributed by atoms with Crippen molar-refractivity contribution >= 4 is 23.4 Å². The minimum atomic E-state index is -0.623. The third kappa shape index (κ3) is 3.55. The monoisotopic (exact) mass is 340 g/mol. The van der Waals surface area contributed by atoms with Crippen LogP contribution in [-0.4, -0.2) is 22.7 Å². The molecule has 5 N–H and O–H groups in total. The van der Waals surface area contributed by atoms with E-state index in [0.717, 1.165) is 29.7 Å². The van der Waals surface area contributed by atoms with Crippen LogP contribution in [0.1, 0.15) is 50.5 Å². The van der Waals surface area contributed by atoms with Crippen molar-refractivity contribution < 1.29 is 14.4 Å². The lowest BCUT2D eigenvalue weighted by Crippen LogP contribution is -2.24. The number of ketones is 1. The highest BCUT2D eigenvalue weighted by Crippen LogP contribution is 2.26. The zero-order valence-electron chi connectivity index (χ0n) is 13.9. The van der Waals surface area contributed by atoms with E-state index in [0.29, 0.717) is 29.9 Å². The minimum absolute atomic E-state index is 0.103. The van der Waals surface area contributed by atoms with Crippen LogP contribution in [0, 0.1) is 6.92 Å². The molecule has 1 aromatic carbocycles. The van der Waals surface area contributed by atoms with Crippen LogP contribution in [0.15, 0.2) is 24.3 Å². The number of primary amides is 1. The number of aromatic amines is 1. The molecule has 0 spiro atoms. The van der Waals surface area contributed by atoms with Gasteiger partial charge in [0.15, 0.2) is 5.78 Å². The van der Waals surface area contributed by atoms with Gasteiger partial charge in [-0.25, -0.2) is 4.79 Å². The van der Waals surface area contributed by atoms with E-state index in [2.05, 4.69) is 15.6 Å². The van der Waals surface area contributed by atoms with E-state index in [4.69, 9.17) is 5.73 Å². The molecule has 0 saturated carbocycles. The molecule has 1 aliphatic rings. The molecule has 1 aliphatic carbocycles. The predicted molar refractivity (Wildman–Crippen MR) is 93.6 cm³/mol. The number of Topliss-reactive ketones (excluding diaryl/α,β-unsaturated/α-hetero) is 1. The molecule has 3 rings (SSSR count). The largest absolute Gasteiger partial charge is 0.354 e. The summed E-state index contributed by atoms with van der Waals surface area (Å²) in [5.74, 6) is -0.134. The predicted octanol–water partition coefficient (Wildman–Crippen LogP) is 2.26. The van der Waals surface area contributed by atoms with Gasteiger partial charge in [0, 0.05) is 29.9 Å². The highest BCUT2D eigenvalue weighted by Gasteiger charge is 2.26. The number of benzene rings is 1. The Hall–Kier alpha value is -3.09. The van der Waals surface area contributed by atoms with Crippen LogP contribution < -0.4 is 16.4 Å². The summed E-state index contributed by atoms with van der Waals surface area (Å²) in [4.78, 5) is 38.4. The molecule has 0 saturated heterocycles. The van der Waals surface area contributed by atoms with E-state index in [1.165, 1.54) is 0 Å². The number of rotatable bonds is 4. The smallest absolute Gasteiger partial charge is 0.316 e. The summed E-state index contributed by atoms with van der Waals surface area (Å²) in [6, 6.07) is 6.39. The Morgan fingerprint density at radius 1 is 1.20 bits per heavy atom. The van der Waals surface area contributed by atoms with E-state index in [-0.39, 0.29) is 11.7 Å². The van der Waals surface area contributed by atoms with Gasteiger partial charge in [-0.05, 0) is 43.0 Å². The zero-order valence-corrected chi connectivity index (χ0v) is 13.9. The maximum absolute atomic E-state index is 12.4. The average molecular weight is 340 g/mol. The molecule has 3 amide bonds. The Morgan fingerprint density at radius 3 is 2.56 bits per heavy atom. The SMILES string of the molecule is Cc1c(C(=O)NCc2ccc(NC(N)=O)cc2)[nH]c2c1C(=O)CCC2. The Kier molecular flexibility index (Phi) is 4.56. The van der Waals surface area contributed by atoms with Crippen LogP contribution in [0.4, 0.5) is 10.5 Å². The van der Waals surface area contributed by atoms with Gasteiger partial charge in [-0.2, -0.15) is 0 Å². The average Bonchev–Trinajstić information content (AvgIpc) is 2.92. The first kappa shape index (κ1) is 16.8.